The molecule has 604 valence electrons. The third kappa shape index (κ3) is 18.8. The van der Waals surface area contributed by atoms with E-state index in [0.717, 1.165) is 76.6 Å². The largest absolute Gasteiger partial charge is 0.480 e. The number of anilines is 3. The average Bonchev–Trinajstić information content (AvgIpc) is 1.61. The molecule has 6 saturated heterocycles. The molecule has 2 atom stereocenters. The van der Waals surface area contributed by atoms with Crippen LogP contribution in [-0.4, -0.2) is 237 Å². The summed E-state index contributed by atoms with van der Waals surface area (Å²) in [5.74, 6) is -1.98. The van der Waals surface area contributed by atoms with Crippen LogP contribution in [0, 0.1) is 37.3 Å². The van der Waals surface area contributed by atoms with E-state index < -0.39 is 63.7 Å². The molecule has 6 aliphatic heterocycles. The zero-order chi connectivity index (χ0) is 79.9. The summed E-state index contributed by atoms with van der Waals surface area (Å²) in [7, 11) is 5.50. The molecule has 3 spiro atoms. The van der Waals surface area contributed by atoms with Gasteiger partial charge in [0.1, 0.15) is 64.9 Å². The van der Waals surface area contributed by atoms with Gasteiger partial charge in [0.2, 0.25) is 23.6 Å². The molecule has 0 unspecified atom stereocenters. The minimum atomic E-state index is -1.13. The number of piperidine rings is 3. The van der Waals surface area contributed by atoms with Crippen molar-refractivity contribution < 1.29 is 57.0 Å². The standard InChI is InChI=1S/C29H34FN7O3.C21H28N6O3.C16H20N6O.C13H16FNO3.2ClH/c1-18(2)24(33-26(38)22-15-19(3)5-10-23(22)30)27(39)36-13-11-29(12-14-36)28(40)35(4)17-37(29)21-8-6-20(7-9-21)25-31-16-32-34-25;1-20(2,3)30-19(29)26-11-9-21(10-12-26)18(28)25(4)14-27(21)16-7-5-15(6-8-16)17-22-13-23-24-17;1-21-11-22(16(15(21)23)6-8-17-9-7-16)13-4-2-12(3-5-13)14-18-10-19-20-14;1-7(2)11(13(17)18)15-12(16)9-6-8(3)4-5-10(9)14;;/h5-10,15-16,18,24H,11-14,17H2,1-4H3,(H,33,38)(H,31,32,34);5-8,13H,9-12,14H2,1-4H3,(H,22,23,24);2-5,10,17H,6-9,11H2,1H3,(H,18,19,20);4-7,11H,1-3H3,(H,15,16)(H,17,18);2*1H/t24-;;;11-;;/m1..1../s1. The van der Waals surface area contributed by atoms with Crippen molar-refractivity contribution in [2.75, 3.05) is 95.1 Å². The summed E-state index contributed by atoms with van der Waals surface area (Å²) in [6, 6.07) is 30.6. The van der Waals surface area contributed by atoms with Crippen molar-refractivity contribution in [1.82, 2.24) is 86.0 Å². The number of rotatable bonds is 14. The molecule has 0 aliphatic carbocycles. The van der Waals surface area contributed by atoms with Crippen molar-refractivity contribution in [2.45, 2.75) is 135 Å². The quantitative estimate of drug-likeness (QED) is 0.0533. The van der Waals surface area contributed by atoms with E-state index in [0.29, 0.717) is 83.5 Å². The highest BCUT2D eigenvalue weighted by Crippen LogP contribution is 2.43. The van der Waals surface area contributed by atoms with Crippen LogP contribution in [0.4, 0.5) is 30.6 Å². The SMILES string of the molecule is CN1CN(c2ccc(-c3ncn[nH]3)cc2)C2(CCN(C(=O)OC(C)(C)C)CC2)C1=O.CN1CN(c2ccc(-c3ncn[nH]3)cc2)C2(CCNCC2)C1=O.Cc1ccc(F)c(C(=O)N[C@@H](C(=O)N2CCC3(CC2)C(=O)N(C)CN3c2ccc(-c3ncn[nH]3)cc2)C(C)C)c1.Cc1ccc(F)c(C(=O)N[C@@H](C(=O)O)C(C)C)c1.Cl.Cl. The lowest BCUT2D eigenvalue weighted by atomic mass is 9.85. The van der Waals surface area contributed by atoms with Crippen LogP contribution in [0.1, 0.15) is 119 Å². The molecule has 5 aromatic carbocycles. The van der Waals surface area contributed by atoms with Crippen molar-refractivity contribution in [1.29, 1.82) is 0 Å². The number of carbonyl (C=O) groups is 8. The highest BCUT2D eigenvalue weighted by molar-refractivity contribution is 6.00. The fourth-order valence-electron chi connectivity index (χ4n) is 15.1. The molecular formula is C79H100Cl2F2N20O10. The number of ether oxygens (including phenoxy) is 1. The van der Waals surface area contributed by atoms with Gasteiger partial charge in [0.05, 0.1) is 31.1 Å². The zero-order valence-electron chi connectivity index (χ0n) is 65.5. The van der Waals surface area contributed by atoms with E-state index in [4.69, 9.17) is 9.84 Å². The number of nitrogens with zero attached hydrogens (tertiary/aromatic N) is 14. The van der Waals surface area contributed by atoms with E-state index in [-0.39, 0.29) is 77.5 Å². The smallest absolute Gasteiger partial charge is 0.410 e. The van der Waals surface area contributed by atoms with E-state index in [1.807, 2.05) is 114 Å². The minimum absolute atomic E-state index is 0. The van der Waals surface area contributed by atoms with Crippen molar-refractivity contribution in [3.05, 3.63) is 162 Å². The Morgan fingerprint density at radius 2 is 0.823 bits per heavy atom. The summed E-state index contributed by atoms with van der Waals surface area (Å²) in [5.41, 5.74) is 4.71. The molecule has 6 aliphatic rings. The number of hydrogen-bond acceptors (Lipinski definition) is 19. The van der Waals surface area contributed by atoms with E-state index in [1.165, 1.54) is 43.2 Å². The Balaban J connectivity index is 0.000000179. The van der Waals surface area contributed by atoms with Crippen LogP contribution in [0.2, 0.25) is 0 Å². The van der Waals surface area contributed by atoms with Gasteiger partial charge in [-0.3, -0.25) is 44.1 Å². The minimum Gasteiger partial charge on any atom is -0.480 e. The summed E-state index contributed by atoms with van der Waals surface area (Å²) >= 11 is 0. The average molecular weight is 1600 g/mol. The van der Waals surface area contributed by atoms with Crippen LogP contribution in [-0.2, 0) is 28.7 Å². The van der Waals surface area contributed by atoms with Gasteiger partial charge in [0.15, 0.2) is 17.5 Å². The lowest BCUT2D eigenvalue weighted by Gasteiger charge is -2.44. The molecule has 0 saturated carbocycles. The number of H-pyrrole nitrogens is 3. The van der Waals surface area contributed by atoms with E-state index >= 15 is 0 Å². The van der Waals surface area contributed by atoms with Gasteiger partial charge in [0.25, 0.3) is 11.8 Å². The number of nitrogens with one attached hydrogen (secondary N) is 6. The first-order valence-electron chi connectivity index (χ1n) is 37.1. The lowest BCUT2D eigenvalue weighted by molar-refractivity contribution is -0.140. The van der Waals surface area contributed by atoms with Gasteiger partial charge in [0, 0.05) is 81.1 Å². The second kappa shape index (κ2) is 36.1. The number of hydrogen-bond donors (Lipinski definition) is 7. The zero-order valence-corrected chi connectivity index (χ0v) is 67.1. The Labute approximate surface area is 667 Å². The number of likely N-dealkylation sites (N-methyl/N-ethyl adjacent to an activating group) is 3. The number of aliphatic carboxylic acids is 1. The Morgan fingerprint density at radius 3 is 1.13 bits per heavy atom. The fraction of sp³-hybridized carbons (Fsp3) is 0.443. The topological polar surface area (TPSA) is 353 Å². The third-order valence-corrected chi connectivity index (χ3v) is 21.2. The number of carboxylic acid groups (broad SMARTS) is 1. The molecule has 7 N–H and O–H groups in total. The predicted molar refractivity (Wildman–Crippen MR) is 426 cm³/mol. The number of benzene rings is 5. The summed E-state index contributed by atoms with van der Waals surface area (Å²) in [6.07, 6.45) is 7.86. The van der Waals surface area contributed by atoms with Gasteiger partial charge in [-0.15, -0.1) is 24.8 Å². The van der Waals surface area contributed by atoms with Gasteiger partial charge in [-0.05, 0) is 195 Å². The van der Waals surface area contributed by atoms with Gasteiger partial charge < -0.3 is 65.0 Å². The third-order valence-electron chi connectivity index (χ3n) is 21.2. The monoisotopic (exact) mass is 1600 g/mol. The molecule has 113 heavy (non-hydrogen) atoms. The lowest BCUT2D eigenvalue weighted by Crippen LogP contribution is -2.60. The predicted octanol–water partition coefficient (Wildman–Crippen LogP) is 9.09. The Hall–Kier alpha value is -11.1. The summed E-state index contributed by atoms with van der Waals surface area (Å²) in [6.45, 7) is 21.2. The van der Waals surface area contributed by atoms with Crippen molar-refractivity contribution >= 4 is 89.4 Å². The number of likely N-dealkylation sites (tertiary alicyclic amines) is 2. The van der Waals surface area contributed by atoms with Crippen LogP contribution in [0.5, 0.6) is 0 Å². The van der Waals surface area contributed by atoms with Gasteiger partial charge in [-0.2, -0.15) is 15.3 Å². The first kappa shape index (κ1) is 85.9. The normalized spacial score (nSPS) is 17.4. The number of aromatic nitrogens is 9. The molecule has 0 radical (unpaired) electrons. The maximum atomic E-state index is 14.3. The van der Waals surface area contributed by atoms with Crippen molar-refractivity contribution in [3.8, 4) is 34.2 Å². The highest BCUT2D eigenvalue weighted by Gasteiger charge is 2.56. The maximum Gasteiger partial charge on any atom is 0.410 e. The van der Waals surface area contributed by atoms with Gasteiger partial charge in [-0.1, -0.05) is 51.0 Å². The van der Waals surface area contributed by atoms with Crippen molar-refractivity contribution in [2.24, 2.45) is 11.8 Å². The van der Waals surface area contributed by atoms with E-state index in [9.17, 15) is 47.1 Å². The second-order valence-corrected chi connectivity index (χ2v) is 30.7. The Kier molecular flexibility index (Phi) is 27.5. The molecule has 30 nitrogen and oxygen atoms in total. The molecule has 7 amide bonds. The molecule has 8 aromatic rings. The van der Waals surface area contributed by atoms with Crippen LogP contribution in [0.25, 0.3) is 34.2 Å². The molecule has 9 heterocycles. The molecule has 34 heteroatoms. The number of aromatic amines is 3. The second-order valence-electron chi connectivity index (χ2n) is 30.7. The van der Waals surface area contributed by atoms with E-state index in [2.05, 4.69) is 88.3 Å². The summed E-state index contributed by atoms with van der Waals surface area (Å²) in [5, 5.41) is 37.6. The highest BCUT2D eigenvalue weighted by atomic mass is 35.5. The van der Waals surface area contributed by atoms with Gasteiger partial charge >= 0.3 is 12.1 Å². The molecule has 6 fully saturated rings. The molecule has 3 aromatic heterocycles. The molecular weight excluding hydrogens is 1500 g/mol. The van der Waals surface area contributed by atoms with Crippen LogP contribution in [0.15, 0.2) is 128 Å². The Morgan fingerprint density at radius 1 is 0.496 bits per heavy atom. The fourth-order valence-corrected chi connectivity index (χ4v) is 15.1. The first-order chi connectivity index (χ1) is 52.8. The van der Waals surface area contributed by atoms with Crippen LogP contribution >= 0.6 is 24.8 Å². The Bertz CT molecular complexity index is 4610. The number of amides is 7. The first-order valence-corrected chi connectivity index (χ1v) is 37.1. The van der Waals surface area contributed by atoms with Gasteiger partial charge in [-0.25, -0.2) is 33.3 Å². The van der Waals surface area contributed by atoms with Crippen molar-refractivity contribution in [3.63, 3.8) is 0 Å². The number of halogens is 4. The van der Waals surface area contributed by atoms with Crippen LogP contribution < -0.4 is 30.7 Å². The maximum absolute atomic E-state index is 14.3. The number of carbonyl (C=O) groups excluding carboxylic acids is 7. The van der Waals surface area contributed by atoms with E-state index in [1.54, 1.807) is 66.5 Å². The number of aryl methyl sites for hydroxylation is 2. The summed E-state index contributed by atoms with van der Waals surface area (Å²) < 4.78 is 33.3. The molecule has 0 bridgehead atoms. The summed E-state index contributed by atoms with van der Waals surface area (Å²) in [4.78, 5) is 129. The molecule has 14 rings (SSSR count). The number of carboxylic acids is 1. The van der Waals surface area contributed by atoms with Crippen LogP contribution in [0.3, 0.4) is 0 Å².